The Bertz CT molecular complexity index is 374. The smallest absolute Gasteiger partial charge is 0.0542 e. The summed E-state index contributed by atoms with van der Waals surface area (Å²) in [4.78, 5) is 4.89. The van der Waals surface area contributed by atoms with Crippen molar-refractivity contribution in [1.29, 1.82) is 0 Å². The molecular formula is C15H25N3. The maximum Gasteiger partial charge on any atom is 0.0542 e. The fourth-order valence-electron chi connectivity index (χ4n) is 2.82. The Morgan fingerprint density at radius 3 is 2.56 bits per heavy atom. The minimum Gasteiger partial charge on any atom is -0.363 e. The molecule has 1 aliphatic heterocycles. The molecule has 0 amide bonds. The number of rotatable bonds is 2. The van der Waals surface area contributed by atoms with Crippen LogP contribution in [0.3, 0.4) is 0 Å². The maximum absolute atomic E-state index is 5.99. The third kappa shape index (κ3) is 2.85. The highest BCUT2D eigenvalue weighted by Crippen LogP contribution is 2.24. The second-order valence-electron chi connectivity index (χ2n) is 5.53. The Kier molecular flexibility index (Phi) is 4.25. The summed E-state index contributed by atoms with van der Waals surface area (Å²) in [7, 11) is 2.19. The Hall–Kier alpha value is -1.06. The molecule has 0 aromatic heterocycles. The average molecular weight is 247 g/mol. The van der Waals surface area contributed by atoms with Crippen LogP contribution in [-0.4, -0.2) is 43.7 Å². The molecule has 1 aromatic rings. The zero-order valence-corrected chi connectivity index (χ0v) is 11.8. The zero-order valence-electron chi connectivity index (χ0n) is 11.8. The van der Waals surface area contributed by atoms with Gasteiger partial charge in [-0.2, -0.15) is 0 Å². The highest BCUT2D eigenvalue weighted by molar-refractivity contribution is 5.50. The van der Waals surface area contributed by atoms with Crippen molar-refractivity contribution in [3.05, 3.63) is 29.8 Å². The Balaban J connectivity index is 2.28. The molecule has 0 saturated carbocycles. The molecule has 0 radical (unpaired) electrons. The molecule has 2 rings (SSSR count). The molecule has 0 spiro atoms. The van der Waals surface area contributed by atoms with E-state index < -0.39 is 0 Å². The van der Waals surface area contributed by atoms with Crippen molar-refractivity contribution in [2.24, 2.45) is 5.73 Å². The number of nitrogens with two attached hydrogens (primary N) is 1. The molecule has 2 N–H and O–H groups in total. The fraction of sp³-hybridized carbons (Fsp3) is 0.600. The maximum atomic E-state index is 5.99. The highest BCUT2D eigenvalue weighted by Gasteiger charge is 2.27. The quantitative estimate of drug-likeness (QED) is 0.866. The van der Waals surface area contributed by atoms with E-state index in [0.717, 1.165) is 13.1 Å². The standard InChI is InChI=1S/C15H25N3/c1-12-4-6-14(7-5-12)18-13(2)8-9-17(3)11-15(18)10-16/h4-7,13,15H,8-11,16H2,1-3H3. The predicted molar refractivity (Wildman–Crippen MR) is 78.1 cm³/mol. The fourth-order valence-corrected chi connectivity index (χ4v) is 2.82. The van der Waals surface area contributed by atoms with E-state index in [1.54, 1.807) is 0 Å². The molecule has 0 aliphatic carbocycles. The van der Waals surface area contributed by atoms with Gasteiger partial charge >= 0.3 is 0 Å². The summed E-state index contributed by atoms with van der Waals surface area (Å²) in [6.45, 7) is 7.35. The van der Waals surface area contributed by atoms with Crippen LogP contribution < -0.4 is 10.6 Å². The normalized spacial score (nSPS) is 26.1. The van der Waals surface area contributed by atoms with Crippen LogP contribution in [0.4, 0.5) is 5.69 Å². The van der Waals surface area contributed by atoms with Crippen LogP contribution in [0.5, 0.6) is 0 Å². The summed E-state index contributed by atoms with van der Waals surface area (Å²) in [6, 6.07) is 9.77. The highest BCUT2D eigenvalue weighted by atomic mass is 15.3. The van der Waals surface area contributed by atoms with Gasteiger partial charge in [-0.1, -0.05) is 17.7 Å². The summed E-state index contributed by atoms with van der Waals surface area (Å²) < 4.78 is 0. The van der Waals surface area contributed by atoms with Crippen LogP contribution in [0.25, 0.3) is 0 Å². The molecule has 0 bridgehead atoms. The number of hydrogen-bond donors (Lipinski definition) is 1. The summed E-state index contributed by atoms with van der Waals surface area (Å²) in [5, 5.41) is 0. The van der Waals surface area contributed by atoms with Crippen LogP contribution in [0, 0.1) is 6.92 Å². The lowest BCUT2D eigenvalue weighted by Gasteiger charge is -2.36. The Labute approximate surface area is 111 Å². The van der Waals surface area contributed by atoms with E-state index in [9.17, 15) is 0 Å². The van der Waals surface area contributed by atoms with Gasteiger partial charge in [-0.25, -0.2) is 0 Å². The van der Waals surface area contributed by atoms with Crippen LogP contribution in [0.2, 0.25) is 0 Å². The van der Waals surface area contributed by atoms with E-state index in [4.69, 9.17) is 5.73 Å². The second kappa shape index (κ2) is 5.72. The summed E-state index contributed by atoms with van der Waals surface area (Å²) in [6.07, 6.45) is 1.20. The number of aryl methyl sites for hydroxylation is 1. The number of likely N-dealkylation sites (N-methyl/N-ethyl adjacent to an activating group) is 1. The lowest BCUT2D eigenvalue weighted by atomic mass is 10.1. The minimum absolute atomic E-state index is 0.412. The van der Waals surface area contributed by atoms with Crippen molar-refractivity contribution in [2.75, 3.05) is 31.6 Å². The van der Waals surface area contributed by atoms with Crippen LogP contribution in [0.1, 0.15) is 18.9 Å². The molecule has 3 heteroatoms. The molecule has 2 atom stereocenters. The number of hydrogen-bond acceptors (Lipinski definition) is 3. The molecule has 2 unspecified atom stereocenters. The lowest BCUT2D eigenvalue weighted by Crippen LogP contribution is -2.48. The summed E-state index contributed by atoms with van der Waals surface area (Å²) in [5.41, 5.74) is 8.60. The average Bonchev–Trinajstić information content (AvgIpc) is 2.50. The first-order valence-corrected chi connectivity index (χ1v) is 6.85. The predicted octanol–water partition coefficient (Wildman–Crippen LogP) is 1.85. The SMILES string of the molecule is Cc1ccc(N2C(C)CCN(C)CC2CN)cc1. The van der Waals surface area contributed by atoms with Gasteiger partial charge in [-0.15, -0.1) is 0 Å². The minimum atomic E-state index is 0.412. The third-order valence-corrected chi connectivity index (χ3v) is 3.92. The van der Waals surface area contributed by atoms with Gasteiger partial charge in [0, 0.05) is 24.8 Å². The van der Waals surface area contributed by atoms with Gasteiger partial charge in [0.2, 0.25) is 0 Å². The number of nitrogens with zero attached hydrogens (tertiary/aromatic N) is 2. The van der Waals surface area contributed by atoms with Crippen molar-refractivity contribution in [1.82, 2.24) is 4.90 Å². The molecule has 1 aromatic carbocycles. The van der Waals surface area contributed by atoms with Crippen molar-refractivity contribution in [3.8, 4) is 0 Å². The van der Waals surface area contributed by atoms with Gasteiger partial charge in [0.05, 0.1) is 6.04 Å². The van der Waals surface area contributed by atoms with Crippen LogP contribution >= 0.6 is 0 Å². The monoisotopic (exact) mass is 247 g/mol. The van der Waals surface area contributed by atoms with Crippen LogP contribution in [-0.2, 0) is 0 Å². The van der Waals surface area contributed by atoms with E-state index in [0.29, 0.717) is 18.6 Å². The third-order valence-electron chi connectivity index (χ3n) is 3.92. The zero-order chi connectivity index (χ0) is 13.1. The van der Waals surface area contributed by atoms with E-state index >= 15 is 0 Å². The van der Waals surface area contributed by atoms with E-state index in [2.05, 4.69) is 55.0 Å². The van der Waals surface area contributed by atoms with Gasteiger partial charge in [0.1, 0.15) is 0 Å². The van der Waals surface area contributed by atoms with Gasteiger partial charge in [0.25, 0.3) is 0 Å². The molecule has 1 saturated heterocycles. The summed E-state index contributed by atoms with van der Waals surface area (Å²) >= 11 is 0. The van der Waals surface area contributed by atoms with Gasteiger partial charge in [0.15, 0.2) is 0 Å². The van der Waals surface area contributed by atoms with Crippen molar-refractivity contribution in [2.45, 2.75) is 32.4 Å². The van der Waals surface area contributed by atoms with Crippen LogP contribution in [0.15, 0.2) is 24.3 Å². The Morgan fingerprint density at radius 1 is 1.28 bits per heavy atom. The molecule has 18 heavy (non-hydrogen) atoms. The molecule has 1 aliphatic rings. The molecule has 1 fully saturated rings. The van der Waals surface area contributed by atoms with E-state index in [1.165, 1.54) is 17.7 Å². The first-order chi connectivity index (χ1) is 8.61. The largest absolute Gasteiger partial charge is 0.363 e. The van der Waals surface area contributed by atoms with Crippen molar-refractivity contribution in [3.63, 3.8) is 0 Å². The van der Waals surface area contributed by atoms with Gasteiger partial charge < -0.3 is 15.5 Å². The van der Waals surface area contributed by atoms with Gasteiger partial charge in [-0.05, 0) is 46.0 Å². The van der Waals surface area contributed by atoms with E-state index in [1.807, 2.05) is 0 Å². The number of benzene rings is 1. The van der Waals surface area contributed by atoms with Gasteiger partial charge in [-0.3, -0.25) is 0 Å². The molecular weight excluding hydrogens is 222 g/mol. The van der Waals surface area contributed by atoms with E-state index in [-0.39, 0.29) is 0 Å². The topological polar surface area (TPSA) is 32.5 Å². The molecule has 100 valence electrons. The summed E-state index contributed by atoms with van der Waals surface area (Å²) in [5.74, 6) is 0. The Morgan fingerprint density at radius 2 is 1.94 bits per heavy atom. The lowest BCUT2D eigenvalue weighted by molar-refractivity contribution is 0.332. The van der Waals surface area contributed by atoms with Crippen molar-refractivity contribution >= 4 is 5.69 Å². The number of anilines is 1. The second-order valence-corrected chi connectivity index (χ2v) is 5.53. The first kappa shape index (κ1) is 13.4. The molecule has 3 nitrogen and oxygen atoms in total. The molecule has 1 heterocycles. The van der Waals surface area contributed by atoms with Crippen molar-refractivity contribution < 1.29 is 0 Å². The first-order valence-electron chi connectivity index (χ1n) is 6.85.